The van der Waals surface area contributed by atoms with Gasteiger partial charge in [0.1, 0.15) is 19.3 Å². The number of phosphoric ester groups is 2. The average molecular weight is 1380 g/mol. The van der Waals surface area contributed by atoms with Gasteiger partial charge in [-0.3, -0.25) is 37.3 Å². The second-order valence-electron chi connectivity index (χ2n) is 28.0. The topological polar surface area (TPSA) is 237 Å². The molecule has 0 fully saturated rings. The van der Waals surface area contributed by atoms with Crippen LogP contribution in [0.25, 0.3) is 0 Å². The summed E-state index contributed by atoms with van der Waals surface area (Å²) in [5, 5.41) is 10.6. The third-order valence-electron chi connectivity index (χ3n) is 17.5. The summed E-state index contributed by atoms with van der Waals surface area (Å²) in [6.45, 7) is 9.52. The van der Waals surface area contributed by atoms with E-state index >= 15 is 0 Å². The monoisotopic (exact) mass is 1380 g/mol. The molecule has 5 atom stereocenters. The fourth-order valence-electron chi connectivity index (χ4n) is 11.5. The van der Waals surface area contributed by atoms with Crippen molar-refractivity contribution in [3.05, 3.63) is 0 Å². The first-order chi connectivity index (χ1) is 45.4. The zero-order valence-corrected chi connectivity index (χ0v) is 63.1. The van der Waals surface area contributed by atoms with E-state index in [1.54, 1.807) is 0 Å². The van der Waals surface area contributed by atoms with E-state index in [0.29, 0.717) is 25.7 Å². The third kappa shape index (κ3) is 68.6. The fraction of sp³-hybridized carbons (Fsp3) is 0.947. The van der Waals surface area contributed by atoms with E-state index in [4.69, 9.17) is 37.0 Å². The Labute approximate surface area is 575 Å². The molecule has 19 heteroatoms. The minimum Gasteiger partial charge on any atom is -0.462 e. The lowest BCUT2D eigenvalue weighted by Crippen LogP contribution is -2.30. The summed E-state index contributed by atoms with van der Waals surface area (Å²) in [7, 11) is -9.91. The van der Waals surface area contributed by atoms with Gasteiger partial charge in [-0.15, -0.1) is 0 Å². The number of aliphatic hydroxyl groups is 1. The van der Waals surface area contributed by atoms with Crippen molar-refractivity contribution in [2.75, 3.05) is 39.6 Å². The minimum atomic E-state index is -4.96. The van der Waals surface area contributed by atoms with Crippen LogP contribution in [-0.4, -0.2) is 96.7 Å². The Morgan fingerprint density at radius 3 is 0.723 bits per heavy atom. The highest BCUT2D eigenvalue weighted by molar-refractivity contribution is 7.47. The molecule has 0 aliphatic heterocycles. The molecule has 558 valence electrons. The largest absolute Gasteiger partial charge is 0.472 e. The molecule has 0 aliphatic rings. The number of hydrogen-bond acceptors (Lipinski definition) is 15. The molecule has 3 N–H and O–H groups in total. The lowest BCUT2D eigenvalue weighted by atomic mass is 10.0. The highest BCUT2D eigenvalue weighted by Crippen LogP contribution is 2.45. The molecule has 0 amide bonds. The lowest BCUT2D eigenvalue weighted by molar-refractivity contribution is -0.161. The van der Waals surface area contributed by atoms with Crippen molar-refractivity contribution in [1.29, 1.82) is 0 Å². The molecule has 0 heterocycles. The van der Waals surface area contributed by atoms with Crippen LogP contribution in [0.1, 0.15) is 388 Å². The summed E-state index contributed by atoms with van der Waals surface area (Å²) in [4.78, 5) is 72.7. The van der Waals surface area contributed by atoms with Crippen LogP contribution >= 0.6 is 15.6 Å². The second-order valence-corrected chi connectivity index (χ2v) is 30.9. The highest BCUT2D eigenvalue weighted by atomic mass is 31.2. The number of ether oxygens (including phenoxy) is 4. The molecule has 0 bridgehead atoms. The molecule has 0 radical (unpaired) electrons. The van der Waals surface area contributed by atoms with Crippen molar-refractivity contribution >= 4 is 39.5 Å². The van der Waals surface area contributed by atoms with E-state index in [1.807, 2.05) is 0 Å². The Bertz CT molecular complexity index is 1820. The van der Waals surface area contributed by atoms with E-state index in [9.17, 15) is 43.2 Å². The number of carbonyl (C=O) groups excluding carboxylic acids is 4. The van der Waals surface area contributed by atoms with E-state index in [1.165, 1.54) is 205 Å². The average Bonchev–Trinajstić information content (AvgIpc) is 2.12. The Balaban J connectivity index is 5.18. The van der Waals surface area contributed by atoms with Crippen LogP contribution < -0.4 is 0 Å². The number of phosphoric acid groups is 2. The number of aliphatic hydroxyl groups excluding tert-OH is 1. The summed E-state index contributed by atoms with van der Waals surface area (Å²) in [6, 6.07) is 0. The molecular formula is C75H146O17P2. The Morgan fingerprint density at radius 2 is 0.489 bits per heavy atom. The predicted octanol–water partition coefficient (Wildman–Crippen LogP) is 21.9. The zero-order chi connectivity index (χ0) is 69.3. The maximum absolute atomic E-state index is 13.1. The zero-order valence-electron chi connectivity index (χ0n) is 61.3. The summed E-state index contributed by atoms with van der Waals surface area (Å²) >= 11 is 0. The second kappa shape index (κ2) is 66.9. The van der Waals surface area contributed by atoms with Gasteiger partial charge in [-0.25, -0.2) is 9.13 Å². The smallest absolute Gasteiger partial charge is 0.462 e. The van der Waals surface area contributed by atoms with Gasteiger partial charge >= 0.3 is 39.5 Å². The van der Waals surface area contributed by atoms with Gasteiger partial charge < -0.3 is 33.8 Å². The van der Waals surface area contributed by atoms with E-state index in [0.717, 1.165) is 102 Å². The van der Waals surface area contributed by atoms with Crippen molar-refractivity contribution in [2.24, 2.45) is 11.8 Å². The Morgan fingerprint density at radius 1 is 0.287 bits per heavy atom. The Hall–Kier alpha value is -1.94. The maximum atomic E-state index is 13.1. The summed E-state index contributed by atoms with van der Waals surface area (Å²) in [6.07, 6.45) is 54.3. The van der Waals surface area contributed by atoms with Crippen molar-refractivity contribution in [1.82, 2.24) is 0 Å². The summed E-state index contributed by atoms with van der Waals surface area (Å²) < 4.78 is 68.4. The molecule has 0 spiro atoms. The molecule has 0 aromatic rings. The lowest BCUT2D eigenvalue weighted by Gasteiger charge is -2.21. The van der Waals surface area contributed by atoms with Gasteiger partial charge in [-0.1, -0.05) is 337 Å². The number of carbonyl (C=O) groups is 4. The van der Waals surface area contributed by atoms with Gasteiger partial charge in [0.05, 0.1) is 26.4 Å². The van der Waals surface area contributed by atoms with Crippen LogP contribution in [0.3, 0.4) is 0 Å². The number of unbranched alkanes of at least 4 members (excludes halogenated alkanes) is 44. The van der Waals surface area contributed by atoms with E-state index < -0.39 is 97.5 Å². The van der Waals surface area contributed by atoms with Gasteiger partial charge in [0.2, 0.25) is 0 Å². The van der Waals surface area contributed by atoms with Crippen molar-refractivity contribution in [3.8, 4) is 0 Å². The van der Waals surface area contributed by atoms with Crippen molar-refractivity contribution < 1.29 is 80.2 Å². The first-order valence-electron chi connectivity index (χ1n) is 39.0. The molecular weight excluding hydrogens is 1230 g/mol. The summed E-state index contributed by atoms with van der Waals surface area (Å²) in [5.74, 6) is -0.644. The Kier molecular flexibility index (Phi) is 65.5. The molecule has 0 aliphatic carbocycles. The first kappa shape index (κ1) is 92.1. The van der Waals surface area contributed by atoms with E-state index in [-0.39, 0.29) is 25.7 Å². The van der Waals surface area contributed by atoms with Gasteiger partial charge in [0.25, 0.3) is 0 Å². The van der Waals surface area contributed by atoms with Crippen LogP contribution in [0.2, 0.25) is 0 Å². The fourth-order valence-corrected chi connectivity index (χ4v) is 13.1. The standard InChI is InChI=1S/C75H146O17P2/c1-7-9-11-13-15-17-18-19-20-21-22-23-24-25-26-27-28-34-41-47-53-59-74(79)91-70(64-86-73(78)58-52-46-40-33-30-29-32-37-43-49-55-67(3)4)65-89-93(81,82)87-61-69(76)62-88-94(83,84)90-66-71(63-85-72(77)57-51-45-39-31-16-14-12-10-8-2)92-75(80)60-54-48-42-36-35-38-44-50-56-68(5)6/h67-71,76H,7-66H2,1-6H3,(H,81,82)(H,83,84)/t69-,70-,71-/m1/s1. The van der Waals surface area contributed by atoms with Crippen LogP contribution in [-0.2, 0) is 65.4 Å². The number of hydrogen-bond donors (Lipinski definition) is 3. The highest BCUT2D eigenvalue weighted by Gasteiger charge is 2.30. The van der Waals surface area contributed by atoms with Crippen LogP contribution in [0, 0.1) is 11.8 Å². The molecule has 0 aromatic heterocycles. The quantitative estimate of drug-likeness (QED) is 0.0222. The van der Waals surface area contributed by atoms with Gasteiger partial charge in [-0.05, 0) is 37.5 Å². The molecule has 0 saturated heterocycles. The van der Waals surface area contributed by atoms with Gasteiger partial charge in [0, 0.05) is 25.7 Å². The molecule has 94 heavy (non-hydrogen) atoms. The molecule has 17 nitrogen and oxygen atoms in total. The third-order valence-corrected chi connectivity index (χ3v) is 19.4. The SMILES string of the molecule is CCCCCCCCCCCCCCCCCCCCCCCC(=O)O[C@H](COC(=O)CCCCCCCCCCCCC(C)C)COP(=O)(O)OC[C@@H](O)COP(=O)(O)OC[C@@H](COC(=O)CCCCCCCCCCC)OC(=O)CCCCCCCCCCC(C)C. The number of rotatable bonds is 74. The van der Waals surface area contributed by atoms with Gasteiger partial charge in [-0.2, -0.15) is 0 Å². The van der Waals surface area contributed by atoms with Crippen LogP contribution in [0.5, 0.6) is 0 Å². The van der Waals surface area contributed by atoms with Gasteiger partial charge in [0.15, 0.2) is 12.2 Å². The molecule has 2 unspecified atom stereocenters. The number of esters is 4. The van der Waals surface area contributed by atoms with E-state index in [2.05, 4.69) is 41.5 Å². The van der Waals surface area contributed by atoms with Crippen molar-refractivity contribution in [2.45, 2.75) is 407 Å². The molecule has 0 rings (SSSR count). The summed E-state index contributed by atoms with van der Waals surface area (Å²) in [5.41, 5.74) is 0. The van der Waals surface area contributed by atoms with Crippen molar-refractivity contribution in [3.63, 3.8) is 0 Å². The van der Waals surface area contributed by atoms with Crippen LogP contribution in [0.15, 0.2) is 0 Å². The minimum absolute atomic E-state index is 0.105. The normalized spacial score (nSPS) is 14.0. The van der Waals surface area contributed by atoms with Crippen LogP contribution in [0.4, 0.5) is 0 Å². The molecule has 0 saturated carbocycles. The maximum Gasteiger partial charge on any atom is 0.472 e. The predicted molar refractivity (Wildman–Crippen MR) is 381 cm³/mol. The first-order valence-corrected chi connectivity index (χ1v) is 42.0. The molecule has 0 aromatic carbocycles.